The average Bonchev–Trinajstić information content (AvgIpc) is 2.80. The van der Waals surface area contributed by atoms with E-state index in [0.29, 0.717) is 11.4 Å². The lowest BCUT2D eigenvalue weighted by Gasteiger charge is -2.24. The summed E-state index contributed by atoms with van der Waals surface area (Å²) in [6.45, 7) is 0. The summed E-state index contributed by atoms with van der Waals surface area (Å²) in [5.41, 5.74) is 5.77. The number of rotatable bonds is 1. The minimum absolute atomic E-state index is 0.187. The molecule has 2 aromatic rings. The molecule has 3 rings (SSSR count). The molecule has 0 aliphatic heterocycles. The van der Waals surface area contributed by atoms with Gasteiger partial charge < -0.3 is 5.73 Å². The number of aromatic nitrogens is 1. The van der Waals surface area contributed by atoms with Crippen LogP contribution in [0.5, 0.6) is 0 Å². The molecule has 2 nitrogen and oxygen atoms in total. The largest absolute Gasteiger partial charge is 0.416 e. The Morgan fingerprint density at radius 1 is 1.25 bits per heavy atom. The van der Waals surface area contributed by atoms with E-state index in [4.69, 9.17) is 5.73 Å². The molecular weight excluding hydrogens is 285 g/mol. The van der Waals surface area contributed by atoms with Crippen LogP contribution in [0.2, 0.25) is 0 Å². The van der Waals surface area contributed by atoms with Crippen molar-refractivity contribution in [2.75, 3.05) is 0 Å². The lowest BCUT2D eigenvalue weighted by Crippen LogP contribution is -2.26. The monoisotopic (exact) mass is 300 g/mol. The topological polar surface area (TPSA) is 38.9 Å². The van der Waals surface area contributed by atoms with Crippen molar-refractivity contribution in [2.24, 2.45) is 5.73 Å². The van der Waals surface area contributed by atoms with Crippen LogP contribution in [0.4, 0.5) is 13.2 Å². The minimum atomic E-state index is -4.31. The summed E-state index contributed by atoms with van der Waals surface area (Å²) < 4.78 is 38.9. The Balaban J connectivity index is 1.94. The molecule has 20 heavy (non-hydrogen) atoms. The summed E-state index contributed by atoms with van der Waals surface area (Å²) >= 11 is 1.49. The molecule has 0 amide bonds. The van der Waals surface area contributed by atoms with Gasteiger partial charge in [0.15, 0.2) is 0 Å². The fraction of sp³-hybridized carbons (Fsp3) is 0.500. The van der Waals surface area contributed by atoms with E-state index in [-0.39, 0.29) is 6.04 Å². The van der Waals surface area contributed by atoms with Gasteiger partial charge in [-0.1, -0.05) is 6.42 Å². The number of hydrogen-bond acceptors (Lipinski definition) is 3. The molecule has 2 unspecified atom stereocenters. The molecule has 108 valence electrons. The molecule has 2 atom stereocenters. The van der Waals surface area contributed by atoms with E-state index < -0.39 is 11.7 Å². The first kappa shape index (κ1) is 13.8. The summed E-state index contributed by atoms with van der Waals surface area (Å²) in [7, 11) is 0. The first-order valence-corrected chi connectivity index (χ1v) is 7.48. The van der Waals surface area contributed by atoms with Crippen LogP contribution in [0.25, 0.3) is 10.2 Å². The zero-order valence-electron chi connectivity index (χ0n) is 10.8. The highest BCUT2D eigenvalue weighted by Crippen LogP contribution is 2.38. The van der Waals surface area contributed by atoms with Crippen molar-refractivity contribution < 1.29 is 13.2 Å². The Morgan fingerprint density at radius 3 is 2.75 bits per heavy atom. The molecule has 1 fully saturated rings. The van der Waals surface area contributed by atoms with Crippen molar-refractivity contribution in [3.63, 3.8) is 0 Å². The number of fused-ring (bicyclic) bond motifs is 1. The fourth-order valence-electron chi connectivity index (χ4n) is 2.75. The smallest absolute Gasteiger partial charge is 0.328 e. The van der Waals surface area contributed by atoms with E-state index in [1.807, 2.05) is 0 Å². The summed E-state index contributed by atoms with van der Waals surface area (Å²) in [5.74, 6) is 0.297. The molecule has 0 bridgehead atoms. The van der Waals surface area contributed by atoms with E-state index in [0.717, 1.165) is 47.5 Å². The van der Waals surface area contributed by atoms with E-state index in [9.17, 15) is 13.2 Å². The molecule has 1 aromatic carbocycles. The molecule has 1 saturated carbocycles. The third kappa shape index (κ3) is 2.67. The molecule has 1 aromatic heterocycles. The first-order valence-electron chi connectivity index (χ1n) is 6.67. The number of thiazole rings is 1. The van der Waals surface area contributed by atoms with Gasteiger partial charge in [0.2, 0.25) is 0 Å². The van der Waals surface area contributed by atoms with Crippen molar-refractivity contribution in [3.05, 3.63) is 28.8 Å². The summed E-state index contributed by atoms with van der Waals surface area (Å²) in [5, 5.41) is 0.925. The first-order chi connectivity index (χ1) is 9.43. The van der Waals surface area contributed by atoms with Crippen LogP contribution in [0, 0.1) is 0 Å². The Morgan fingerprint density at radius 2 is 2.05 bits per heavy atom. The van der Waals surface area contributed by atoms with Crippen LogP contribution in [0.15, 0.2) is 18.2 Å². The van der Waals surface area contributed by atoms with Crippen LogP contribution < -0.4 is 5.73 Å². The van der Waals surface area contributed by atoms with Crippen LogP contribution >= 0.6 is 11.3 Å². The number of benzene rings is 1. The summed E-state index contributed by atoms with van der Waals surface area (Å²) in [4.78, 5) is 4.41. The second kappa shape index (κ2) is 5.00. The highest BCUT2D eigenvalue weighted by atomic mass is 32.1. The maximum absolute atomic E-state index is 12.7. The van der Waals surface area contributed by atoms with E-state index in [2.05, 4.69) is 4.98 Å². The third-order valence-corrected chi connectivity index (χ3v) is 4.99. The second-order valence-electron chi connectivity index (χ2n) is 5.36. The highest BCUT2D eigenvalue weighted by Gasteiger charge is 2.31. The van der Waals surface area contributed by atoms with Crippen LogP contribution in [0.1, 0.15) is 42.2 Å². The van der Waals surface area contributed by atoms with Gasteiger partial charge in [-0.3, -0.25) is 0 Å². The van der Waals surface area contributed by atoms with E-state index in [1.165, 1.54) is 17.4 Å². The van der Waals surface area contributed by atoms with Gasteiger partial charge in [-0.15, -0.1) is 11.3 Å². The predicted octanol–water partition coefficient (Wildman–Crippen LogP) is 4.30. The maximum Gasteiger partial charge on any atom is 0.416 e. The van der Waals surface area contributed by atoms with Gasteiger partial charge in [0.25, 0.3) is 0 Å². The van der Waals surface area contributed by atoms with Crippen molar-refractivity contribution in [3.8, 4) is 0 Å². The molecule has 0 radical (unpaired) electrons. The van der Waals surface area contributed by atoms with Gasteiger partial charge >= 0.3 is 6.18 Å². The quantitative estimate of drug-likeness (QED) is 0.852. The SMILES string of the molecule is NC1CCCC(c2nc3cc(C(F)(F)F)ccc3s2)C1. The summed E-state index contributed by atoms with van der Waals surface area (Å²) in [6, 6.07) is 3.96. The normalized spacial score (nSPS) is 24.2. The minimum Gasteiger partial charge on any atom is -0.328 e. The van der Waals surface area contributed by atoms with Crippen molar-refractivity contribution in [2.45, 2.75) is 43.8 Å². The molecule has 1 aliphatic carbocycles. The number of hydrogen-bond donors (Lipinski definition) is 1. The number of halogens is 3. The fourth-order valence-corrected chi connectivity index (χ4v) is 3.84. The molecule has 1 heterocycles. The summed E-state index contributed by atoms with van der Waals surface area (Å²) in [6.07, 6.45) is -0.314. The zero-order valence-corrected chi connectivity index (χ0v) is 11.6. The van der Waals surface area contributed by atoms with Crippen LogP contribution in [0.3, 0.4) is 0 Å². The Kier molecular flexibility index (Phi) is 3.46. The van der Waals surface area contributed by atoms with E-state index >= 15 is 0 Å². The molecule has 0 spiro atoms. The molecule has 1 aliphatic rings. The van der Waals surface area contributed by atoms with Crippen molar-refractivity contribution in [1.29, 1.82) is 0 Å². The van der Waals surface area contributed by atoms with Crippen LogP contribution in [-0.4, -0.2) is 11.0 Å². The Hall–Kier alpha value is -1.14. The van der Waals surface area contributed by atoms with Gasteiger partial charge in [-0.2, -0.15) is 13.2 Å². The Labute approximate surface area is 118 Å². The molecule has 2 N–H and O–H groups in total. The van der Waals surface area contributed by atoms with Gasteiger partial charge in [-0.25, -0.2) is 4.98 Å². The molecular formula is C14H15F3N2S. The van der Waals surface area contributed by atoms with Gasteiger partial charge in [0, 0.05) is 12.0 Å². The lowest BCUT2D eigenvalue weighted by molar-refractivity contribution is -0.137. The second-order valence-corrected chi connectivity index (χ2v) is 6.42. The number of alkyl halides is 3. The lowest BCUT2D eigenvalue weighted by atomic mass is 9.86. The predicted molar refractivity (Wildman–Crippen MR) is 73.8 cm³/mol. The van der Waals surface area contributed by atoms with Gasteiger partial charge in [-0.05, 0) is 37.5 Å². The zero-order chi connectivity index (χ0) is 14.3. The average molecular weight is 300 g/mol. The van der Waals surface area contributed by atoms with Crippen LogP contribution in [-0.2, 0) is 6.18 Å². The maximum atomic E-state index is 12.7. The van der Waals surface area contributed by atoms with Crippen molar-refractivity contribution >= 4 is 21.6 Å². The number of nitrogens with zero attached hydrogens (tertiary/aromatic N) is 1. The van der Waals surface area contributed by atoms with Crippen molar-refractivity contribution in [1.82, 2.24) is 4.98 Å². The van der Waals surface area contributed by atoms with Gasteiger partial charge in [0.1, 0.15) is 0 Å². The molecule has 0 saturated heterocycles. The Bertz CT molecular complexity index is 620. The number of nitrogens with two attached hydrogens (primary N) is 1. The third-order valence-electron chi connectivity index (χ3n) is 3.80. The van der Waals surface area contributed by atoms with E-state index in [1.54, 1.807) is 0 Å². The molecule has 6 heteroatoms. The standard InChI is InChI=1S/C14H15F3N2S/c15-14(16,17)9-4-5-12-11(7-9)19-13(20-12)8-2-1-3-10(18)6-8/h4-5,7-8,10H,1-3,6,18H2. The van der Waals surface area contributed by atoms with Gasteiger partial charge in [0.05, 0.1) is 20.8 Å². The highest BCUT2D eigenvalue weighted by molar-refractivity contribution is 7.18.